The van der Waals surface area contributed by atoms with Crippen molar-refractivity contribution in [3.05, 3.63) is 45.0 Å². The van der Waals surface area contributed by atoms with Gasteiger partial charge in [-0.2, -0.15) is 5.48 Å². The van der Waals surface area contributed by atoms with Crippen LogP contribution in [0.1, 0.15) is 41.0 Å². The van der Waals surface area contributed by atoms with Crippen LogP contribution in [-0.2, 0) is 22.7 Å². The fraction of sp³-hybridized carbons (Fsp3) is 0.636. The molecule has 0 spiro atoms. The maximum absolute atomic E-state index is 11.4. The zero-order chi connectivity index (χ0) is 29.9. The molecule has 18 heteroatoms. The Labute approximate surface area is 229 Å². The average molecular weight is 569 g/mol. The van der Waals surface area contributed by atoms with E-state index in [1.165, 1.54) is 33.9 Å². The fourth-order valence-electron chi connectivity index (χ4n) is 3.63. The molecule has 0 aromatic carbocycles. The highest BCUT2D eigenvalue weighted by Crippen LogP contribution is 2.16. The minimum absolute atomic E-state index is 0.00632. The molecule has 222 valence electrons. The van der Waals surface area contributed by atoms with Crippen LogP contribution < -0.4 is 10.8 Å². The number of imidazole rings is 2. The summed E-state index contributed by atoms with van der Waals surface area (Å²) in [6.07, 6.45) is 4.87. The monoisotopic (exact) mass is 568 g/mol. The molecule has 0 saturated carbocycles. The Morgan fingerprint density at radius 1 is 1.02 bits per heavy atom. The van der Waals surface area contributed by atoms with Crippen molar-refractivity contribution in [3.63, 3.8) is 0 Å². The van der Waals surface area contributed by atoms with Gasteiger partial charge in [0.25, 0.3) is 0 Å². The van der Waals surface area contributed by atoms with Crippen LogP contribution in [0.15, 0.2) is 35.1 Å². The third-order valence-electron chi connectivity index (χ3n) is 6.08. The summed E-state index contributed by atoms with van der Waals surface area (Å²) in [6, 6.07) is 0. The number of ether oxygens (including phenoxy) is 1. The highest BCUT2D eigenvalue weighted by atomic mass is 16.7. The number of oxime groups is 2. The Balaban J connectivity index is 2.17. The van der Waals surface area contributed by atoms with E-state index in [2.05, 4.69) is 31.1 Å². The Hall–Kier alpha value is -4.00. The third-order valence-corrected chi connectivity index (χ3v) is 6.08. The summed E-state index contributed by atoms with van der Waals surface area (Å²) in [5.74, 6) is -0.717. The van der Waals surface area contributed by atoms with Crippen molar-refractivity contribution < 1.29 is 29.8 Å². The lowest BCUT2D eigenvalue weighted by Crippen LogP contribution is -2.54. The Morgan fingerprint density at radius 3 is 2.15 bits per heavy atom. The van der Waals surface area contributed by atoms with Crippen LogP contribution in [0.25, 0.3) is 0 Å². The molecule has 2 rings (SSSR count). The number of aromatic nitrogens is 4. The van der Waals surface area contributed by atoms with Gasteiger partial charge < -0.3 is 40.7 Å². The van der Waals surface area contributed by atoms with Crippen molar-refractivity contribution in [1.82, 2.24) is 29.9 Å². The van der Waals surface area contributed by atoms with Crippen molar-refractivity contribution in [1.29, 1.82) is 0 Å². The molecular formula is C22H36N10O8. The smallest absolute Gasteiger partial charge is 0.411 e. The highest BCUT2D eigenvalue weighted by molar-refractivity contribution is 5.93. The van der Waals surface area contributed by atoms with Crippen LogP contribution in [0.4, 0.5) is 11.9 Å². The number of hydrogen-bond acceptors (Lipinski definition) is 14. The molecule has 2 aromatic rings. The topological polar surface area (TPSA) is 230 Å². The van der Waals surface area contributed by atoms with Gasteiger partial charge >= 0.3 is 11.9 Å². The zero-order valence-electron chi connectivity index (χ0n) is 23.1. The molecule has 0 aliphatic carbocycles. The largest absolute Gasteiger partial charge is 0.434 e. The molecule has 2 heterocycles. The SMILES string of the molecule is CCOC/C(=N\O)C(C)(C)NCC(Cn1ccnc1[N+](=O)[O-])ONC(C)(C)/C(CCn1ccnc1[N+](=O)[O-])=N/O. The molecule has 0 aliphatic heterocycles. The highest BCUT2D eigenvalue weighted by Gasteiger charge is 2.31. The van der Waals surface area contributed by atoms with Crippen molar-refractivity contribution in [3.8, 4) is 0 Å². The number of nitrogens with zero attached hydrogens (tertiary/aromatic N) is 8. The first kappa shape index (κ1) is 32.2. The van der Waals surface area contributed by atoms with Gasteiger partial charge in [-0.05, 0) is 44.5 Å². The normalized spacial score (nSPS) is 13.9. The van der Waals surface area contributed by atoms with E-state index < -0.39 is 27.0 Å². The van der Waals surface area contributed by atoms with Gasteiger partial charge in [-0.1, -0.05) is 20.3 Å². The van der Waals surface area contributed by atoms with Crippen LogP contribution in [-0.4, -0.2) is 87.7 Å². The Morgan fingerprint density at radius 2 is 1.60 bits per heavy atom. The van der Waals surface area contributed by atoms with E-state index in [1.807, 2.05) is 6.92 Å². The number of nitro groups is 2. The maximum Gasteiger partial charge on any atom is 0.434 e. The first-order chi connectivity index (χ1) is 18.9. The maximum atomic E-state index is 11.4. The molecule has 1 atom stereocenters. The van der Waals surface area contributed by atoms with Crippen LogP contribution in [0.2, 0.25) is 0 Å². The minimum Gasteiger partial charge on any atom is -0.411 e. The third kappa shape index (κ3) is 8.76. The molecule has 0 aliphatic rings. The second-order valence-electron chi connectivity index (χ2n) is 9.77. The van der Waals surface area contributed by atoms with Crippen molar-refractivity contribution >= 4 is 23.3 Å². The quantitative estimate of drug-likeness (QED) is 0.0871. The predicted octanol–water partition coefficient (Wildman–Crippen LogP) is 1.72. The molecule has 1 unspecified atom stereocenters. The first-order valence-corrected chi connectivity index (χ1v) is 12.4. The molecule has 0 bridgehead atoms. The Bertz CT molecular complexity index is 1190. The van der Waals surface area contributed by atoms with Crippen molar-refractivity contribution in [2.24, 2.45) is 10.3 Å². The lowest BCUT2D eigenvalue weighted by atomic mass is 9.97. The number of hydrogen-bond donors (Lipinski definition) is 4. The van der Waals surface area contributed by atoms with Gasteiger partial charge in [0.2, 0.25) is 0 Å². The van der Waals surface area contributed by atoms with Gasteiger partial charge in [0.15, 0.2) is 0 Å². The van der Waals surface area contributed by atoms with Crippen molar-refractivity contribution in [2.75, 3.05) is 19.8 Å². The summed E-state index contributed by atoms with van der Waals surface area (Å²) in [5.41, 5.74) is 1.51. The van der Waals surface area contributed by atoms with E-state index >= 15 is 0 Å². The van der Waals surface area contributed by atoms with Crippen LogP contribution in [0.3, 0.4) is 0 Å². The lowest BCUT2D eigenvalue weighted by molar-refractivity contribution is -0.397. The number of hydroxylamine groups is 1. The molecule has 18 nitrogen and oxygen atoms in total. The molecule has 4 N–H and O–H groups in total. The molecule has 0 fully saturated rings. The van der Waals surface area contributed by atoms with E-state index in [0.29, 0.717) is 12.3 Å². The average Bonchev–Trinajstić information content (AvgIpc) is 3.56. The number of nitrogens with one attached hydrogen (secondary N) is 2. The van der Waals surface area contributed by atoms with Gasteiger partial charge in [-0.25, -0.2) is 9.13 Å². The summed E-state index contributed by atoms with van der Waals surface area (Å²) < 4.78 is 8.00. The lowest BCUT2D eigenvalue weighted by Gasteiger charge is -2.32. The Kier molecular flexibility index (Phi) is 11.6. The zero-order valence-corrected chi connectivity index (χ0v) is 23.1. The number of rotatable bonds is 18. The van der Waals surface area contributed by atoms with Crippen LogP contribution >= 0.6 is 0 Å². The number of aryl methyl sites for hydroxylation is 1. The molecule has 2 aromatic heterocycles. The summed E-state index contributed by atoms with van der Waals surface area (Å²) in [4.78, 5) is 34.7. The second-order valence-corrected chi connectivity index (χ2v) is 9.77. The summed E-state index contributed by atoms with van der Waals surface area (Å²) in [5, 5.41) is 51.6. The standard InChI is InChI=1S/C22H36N10O8/c1-6-39-15-18(27-34)21(2,3)25-13-16(14-30-12-9-24-20(30)32(37)38)40-28-22(4,5)17(26-33)7-10-29-11-8-23-19(29)31(35)36/h8-9,11-12,16,25,28,33-34H,6-7,10,13-15H2,1-5H3/b26-17+,27-18+. The van der Waals surface area contributed by atoms with Gasteiger partial charge in [-0.3, -0.25) is 4.84 Å². The molecule has 40 heavy (non-hydrogen) atoms. The first-order valence-electron chi connectivity index (χ1n) is 12.4. The fourth-order valence-corrected chi connectivity index (χ4v) is 3.63. The minimum atomic E-state index is -1.06. The summed E-state index contributed by atoms with van der Waals surface area (Å²) in [6.45, 7) is 9.48. The van der Waals surface area contributed by atoms with Gasteiger partial charge in [0.1, 0.15) is 43.1 Å². The van der Waals surface area contributed by atoms with Crippen LogP contribution in [0, 0.1) is 20.2 Å². The predicted molar refractivity (Wildman–Crippen MR) is 141 cm³/mol. The van der Waals surface area contributed by atoms with Crippen molar-refractivity contribution in [2.45, 2.75) is 71.3 Å². The van der Waals surface area contributed by atoms with Crippen LogP contribution in [0.5, 0.6) is 0 Å². The molecule has 0 amide bonds. The summed E-state index contributed by atoms with van der Waals surface area (Å²) in [7, 11) is 0. The molecule has 0 radical (unpaired) electrons. The van der Waals surface area contributed by atoms with Gasteiger partial charge in [0, 0.05) is 19.6 Å². The van der Waals surface area contributed by atoms with E-state index in [9.17, 15) is 30.6 Å². The second kappa shape index (κ2) is 14.4. The summed E-state index contributed by atoms with van der Waals surface area (Å²) >= 11 is 0. The molecule has 0 saturated heterocycles. The van der Waals surface area contributed by atoms with E-state index in [4.69, 9.17) is 9.57 Å². The molecular weight excluding hydrogens is 532 g/mol. The van der Waals surface area contributed by atoms with E-state index in [-0.39, 0.29) is 50.3 Å². The van der Waals surface area contributed by atoms with Gasteiger partial charge in [-0.15, -0.1) is 0 Å². The van der Waals surface area contributed by atoms with E-state index in [0.717, 1.165) is 0 Å². The van der Waals surface area contributed by atoms with E-state index in [1.54, 1.807) is 27.7 Å². The van der Waals surface area contributed by atoms with Gasteiger partial charge in [0.05, 0.1) is 29.9 Å².